The molecule has 0 spiro atoms. The van der Waals surface area contributed by atoms with E-state index in [2.05, 4.69) is 35.1 Å². The van der Waals surface area contributed by atoms with Crippen LogP contribution in [0.2, 0.25) is 0 Å². The van der Waals surface area contributed by atoms with Crippen LogP contribution in [-0.4, -0.2) is 61.8 Å². The Morgan fingerprint density at radius 1 is 0.833 bits per heavy atom. The first-order valence-electron chi connectivity index (χ1n) is 8.56. The van der Waals surface area contributed by atoms with Gasteiger partial charge in [-0.2, -0.15) is 0 Å². The number of hydrogen-bond donors (Lipinski definition) is 4. The van der Waals surface area contributed by atoms with Crippen molar-refractivity contribution in [3.05, 3.63) is 0 Å². The van der Waals surface area contributed by atoms with E-state index >= 15 is 0 Å². The highest BCUT2D eigenvalue weighted by Crippen LogP contribution is 2.18. The van der Waals surface area contributed by atoms with Crippen LogP contribution in [-0.2, 0) is 9.47 Å². The van der Waals surface area contributed by atoms with E-state index in [1.54, 1.807) is 14.2 Å². The summed E-state index contributed by atoms with van der Waals surface area (Å²) in [5.74, 6) is 0. The summed E-state index contributed by atoms with van der Waals surface area (Å²) in [6.07, 6.45) is 4.31. The van der Waals surface area contributed by atoms with Gasteiger partial charge in [0, 0.05) is 38.4 Å². The van der Waals surface area contributed by atoms with Gasteiger partial charge in [0.15, 0.2) is 10.2 Å². The SMILES string of the molecule is COC[C@@H](C)NC(=S)NC1CCC(NC(=S)N[C@@H](C)COC)CC1. The van der Waals surface area contributed by atoms with Crippen LogP contribution in [0.25, 0.3) is 0 Å². The highest BCUT2D eigenvalue weighted by atomic mass is 32.1. The molecule has 2 atom stereocenters. The van der Waals surface area contributed by atoms with Crippen molar-refractivity contribution in [3.63, 3.8) is 0 Å². The van der Waals surface area contributed by atoms with Crippen LogP contribution in [0, 0.1) is 0 Å². The van der Waals surface area contributed by atoms with Crippen molar-refractivity contribution in [3.8, 4) is 0 Å². The Hall–Kier alpha value is -0.700. The van der Waals surface area contributed by atoms with Crippen molar-refractivity contribution in [2.24, 2.45) is 0 Å². The molecule has 6 nitrogen and oxygen atoms in total. The zero-order chi connectivity index (χ0) is 17.9. The molecule has 0 heterocycles. The van der Waals surface area contributed by atoms with E-state index in [9.17, 15) is 0 Å². The third kappa shape index (κ3) is 8.96. The molecule has 1 rings (SSSR count). The molecule has 8 heteroatoms. The second-order valence-electron chi connectivity index (χ2n) is 6.50. The molecular formula is C16H32N4O2S2. The Bertz CT molecular complexity index is 354. The number of ether oxygens (including phenoxy) is 2. The Morgan fingerprint density at radius 2 is 1.17 bits per heavy atom. The van der Waals surface area contributed by atoms with Crippen molar-refractivity contribution in [1.29, 1.82) is 0 Å². The van der Waals surface area contributed by atoms with Crippen LogP contribution < -0.4 is 21.3 Å². The third-order valence-electron chi connectivity index (χ3n) is 3.99. The average Bonchev–Trinajstić information content (AvgIpc) is 2.49. The fourth-order valence-corrected chi connectivity index (χ4v) is 3.60. The van der Waals surface area contributed by atoms with Crippen LogP contribution in [0.4, 0.5) is 0 Å². The lowest BCUT2D eigenvalue weighted by molar-refractivity contribution is 0.178. The minimum atomic E-state index is 0.213. The Kier molecular flexibility index (Phi) is 10.5. The minimum absolute atomic E-state index is 0.213. The summed E-state index contributed by atoms with van der Waals surface area (Å²) in [6, 6.07) is 1.27. The first kappa shape index (κ1) is 21.3. The van der Waals surface area contributed by atoms with Crippen molar-refractivity contribution in [1.82, 2.24) is 21.3 Å². The molecule has 0 amide bonds. The van der Waals surface area contributed by atoms with Gasteiger partial charge in [-0.1, -0.05) is 0 Å². The zero-order valence-corrected chi connectivity index (χ0v) is 16.8. The predicted molar refractivity (Wildman–Crippen MR) is 106 cm³/mol. The molecule has 1 aliphatic rings. The minimum Gasteiger partial charge on any atom is -0.383 e. The Morgan fingerprint density at radius 3 is 1.46 bits per heavy atom. The second-order valence-corrected chi connectivity index (χ2v) is 7.31. The van der Waals surface area contributed by atoms with Crippen molar-refractivity contribution < 1.29 is 9.47 Å². The highest BCUT2D eigenvalue weighted by molar-refractivity contribution is 7.80. The molecular weight excluding hydrogens is 344 g/mol. The van der Waals surface area contributed by atoms with Crippen molar-refractivity contribution >= 4 is 34.7 Å². The van der Waals surface area contributed by atoms with Gasteiger partial charge in [-0.25, -0.2) is 0 Å². The maximum absolute atomic E-state index is 5.36. The van der Waals surface area contributed by atoms with Gasteiger partial charge >= 0.3 is 0 Å². The van der Waals surface area contributed by atoms with Crippen molar-refractivity contribution in [2.75, 3.05) is 27.4 Å². The molecule has 0 aromatic heterocycles. The lowest BCUT2D eigenvalue weighted by Gasteiger charge is -2.32. The maximum atomic E-state index is 5.36. The van der Waals surface area contributed by atoms with Gasteiger partial charge in [0.25, 0.3) is 0 Å². The van der Waals surface area contributed by atoms with Gasteiger partial charge in [-0.15, -0.1) is 0 Å². The highest BCUT2D eigenvalue weighted by Gasteiger charge is 2.22. The quantitative estimate of drug-likeness (QED) is 0.473. The predicted octanol–water partition coefficient (Wildman–Crippen LogP) is 1.30. The van der Waals surface area contributed by atoms with E-state index in [4.69, 9.17) is 33.9 Å². The molecule has 0 radical (unpaired) electrons. The number of rotatable bonds is 8. The summed E-state index contributed by atoms with van der Waals surface area (Å²) in [7, 11) is 3.39. The molecule has 0 bridgehead atoms. The smallest absolute Gasteiger partial charge is 0.166 e. The van der Waals surface area contributed by atoms with E-state index in [-0.39, 0.29) is 12.1 Å². The first-order valence-corrected chi connectivity index (χ1v) is 9.38. The van der Waals surface area contributed by atoms with Gasteiger partial charge in [0.05, 0.1) is 13.2 Å². The second kappa shape index (κ2) is 11.8. The van der Waals surface area contributed by atoms with E-state index in [0.717, 1.165) is 25.7 Å². The summed E-state index contributed by atoms with van der Waals surface area (Å²) in [5.41, 5.74) is 0. The van der Waals surface area contributed by atoms with Gasteiger partial charge < -0.3 is 30.7 Å². The number of nitrogens with one attached hydrogen (secondary N) is 4. The lowest BCUT2D eigenvalue weighted by Crippen LogP contribution is -2.51. The normalized spacial score (nSPS) is 23.0. The van der Waals surface area contributed by atoms with E-state index in [1.807, 2.05) is 0 Å². The largest absolute Gasteiger partial charge is 0.383 e. The van der Waals surface area contributed by atoms with E-state index < -0.39 is 0 Å². The van der Waals surface area contributed by atoms with Gasteiger partial charge in [-0.3, -0.25) is 0 Å². The molecule has 140 valence electrons. The third-order valence-corrected chi connectivity index (χ3v) is 4.46. The molecule has 1 saturated carbocycles. The molecule has 4 N–H and O–H groups in total. The Labute approximate surface area is 156 Å². The number of hydrogen-bond acceptors (Lipinski definition) is 4. The van der Waals surface area contributed by atoms with E-state index in [0.29, 0.717) is 35.5 Å². The zero-order valence-electron chi connectivity index (χ0n) is 15.2. The molecule has 0 unspecified atom stereocenters. The topological polar surface area (TPSA) is 66.6 Å². The number of thiocarbonyl (C=S) groups is 2. The van der Waals surface area contributed by atoms with Crippen LogP contribution >= 0.6 is 24.4 Å². The molecule has 0 aromatic carbocycles. The summed E-state index contributed by atoms with van der Waals surface area (Å²) < 4.78 is 10.2. The van der Waals surface area contributed by atoms with Gasteiger partial charge in [0.2, 0.25) is 0 Å². The molecule has 0 aromatic rings. The van der Waals surface area contributed by atoms with Crippen LogP contribution in [0.15, 0.2) is 0 Å². The Balaban J connectivity index is 2.21. The molecule has 1 fully saturated rings. The lowest BCUT2D eigenvalue weighted by atomic mass is 9.91. The van der Waals surface area contributed by atoms with E-state index in [1.165, 1.54) is 0 Å². The standard InChI is InChI=1S/C16H32N4O2S2/c1-11(9-21-3)17-15(23)19-13-5-7-14(8-6-13)20-16(24)18-12(2)10-22-4/h11-14H,5-10H2,1-4H3,(H2,17,19,23)(H2,18,20,24)/t11-,12+,13?,14?. The van der Waals surface area contributed by atoms with Gasteiger partial charge in [-0.05, 0) is 64.0 Å². The van der Waals surface area contributed by atoms with Crippen LogP contribution in [0.5, 0.6) is 0 Å². The van der Waals surface area contributed by atoms with Crippen molar-refractivity contribution in [2.45, 2.75) is 63.7 Å². The number of methoxy groups -OCH3 is 2. The van der Waals surface area contributed by atoms with Crippen LogP contribution in [0.3, 0.4) is 0 Å². The first-order chi connectivity index (χ1) is 11.4. The van der Waals surface area contributed by atoms with Crippen LogP contribution in [0.1, 0.15) is 39.5 Å². The summed E-state index contributed by atoms with van der Waals surface area (Å²) in [6.45, 7) is 5.39. The monoisotopic (exact) mass is 376 g/mol. The average molecular weight is 377 g/mol. The van der Waals surface area contributed by atoms with Gasteiger partial charge in [0.1, 0.15) is 0 Å². The maximum Gasteiger partial charge on any atom is 0.166 e. The fraction of sp³-hybridized carbons (Fsp3) is 0.875. The molecule has 0 aliphatic heterocycles. The fourth-order valence-electron chi connectivity index (χ4n) is 2.87. The molecule has 0 saturated heterocycles. The molecule has 1 aliphatic carbocycles. The summed E-state index contributed by atoms with van der Waals surface area (Å²) in [4.78, 5) is 0. The molecule has 24 heavy (non-hydrogen) atoms. The summed E-state index contributed by atoms with van der Waals surface area (Å²) in [5, 5.41) is 14.7. The summed E-state index contributed by atoms with van der Waals surface area (Å²) >= 11 is 10.7.